The first kappa shape index (κ1) is 18.7. The van der Waals surface area contributed by atoms with Crippen molar-refractivity contribution < 1.29 is 9.53 Å². The van der Waals surface area contributed by atoms with Gasteiger partial charge in [0.25, 0.3) is 0 Å². The van der Waals surface area contributed by atoms with Gasteiger partial charge >= 0.3 is 0 Å². The lowest BCUT2D eigenvalue weighted by Crippen LogP contribution is -2.30. The maximum absolute atomic E-state index is 12.3. The summed E-state index contributed by atoms with van der Waals surface area (Å²) in [6, 6.07) is 13.3. The van der Waals surface area contributed by atoms with Crippen molar-refractivity contribution >= 4 is 40.1 Å². The van der Waals surface area contributed by atoms with Gasteiger partial charge in [-0.05, 0) is 29.8 Å². The van der Waals surface area contributed by atoms with Crippen LogP contribution < -0.4 is 5.32 Å². The van der Waals surface area contributed by atoms with Crippen molar-refractivity contribution in [3.05, 3.63) is 63.9 Å². The number of methoxy groups -OCH3 is 1. The van der Waals surface area contributed by atoms with E-state index in [1.807, 2.05) is 41.0 Å². The Bertz CT molecular complexity index is 924. The lowest BCUT2D eigenvalue weighted by atomic mass is 10.1. The number of hydrogen-bond donors (Lipinski definition) is 1. The Hall–Kier alpha value is -2.08. The molecule has 0 atom stereocenters. The number of ether oxygens (including phenoxy) is 1. The molecule has 0 aliphatic rings. The molecule has 3 aromatic rings. The monoisotopic (exact) mass is 391 g/mol. The molecule has 0 bridgehead atoms. The first-order valence-electron chi connectivity index (χ1n) is 8.22. The van der Waals surface area contributed by atoms with E-state index in [-0.39, 0.29) is 12.5 Å². The van der Waals surface area contributed by atoms with Crippen molar-refractivity contribution in [2.45, 2.75) is 13.0 Å². The number of aromatic nitrogens is 2. The molecule has 0 radical (unpaired) electrons. The zero-order valence-corrected chi connectivity index (χ0v) is 15.8. The van der Waals surface area contributed by atoms with Crippen molar-refractivity contribution in [2.75, 3.05) is 20.3 Å². The van der Waals surface area contributed by atoms with Crippen molar-refractivity contribution in [2.24, 2.45) is 0 Å². The quantitative estimate of drug-likeness (QED) is 0.624. The average Bonchev–Trinajstić information content (AvgIpc) is 2.96. The zero-order valence-electron chi connectivity index (χ0n) is 14.3. The molecule has 0 fully saturated rings. The van der Waals surface area contributed by atoms with Crippen LogP contribution in [0.3, 0.4) is 0 Å². The molecule has 0 spiro atoms. The predicted molar refractivity (Wildman–Crippen MR) is 104 cm³/mol. The van der Waals surface area contributed by atoms with E-state index in [1.54, 1.807) is 13.2 Å². The second-order valence-corrected chi connectivity index (χ2v) is 6.69. The Labute approximate surface area is 161 Å². The normalized spacial score (nSPS) is 11.0. The summed E-state index contributed by atoms with van der Waals surface area (Å²) in [5.74, 6) is 0.715. The molecule has 0 saturated heterocycles. The number of amides is 1. The van der Waals surface area contributed by atoms with Gasteiger partial charge in [-0.1, -0.05) is 41.4 Å². The third-order valence-corrected chi connectivity index (χ3v) is 4.75. The highest BCUT2D eigenvalue weighted by Crippen LogP contribution is 2.25. The van der Waals surface area contributed by atoms with Crippen molar-refractivity contribution in [1.29, 1.82) is 0 Å². The van der Waals surface area contributed by atoms with Gasteiger partial charge in [0.15, 0.2) is 0 Å². The molecule has 1 N–H and O–H groups in total. The minimum atomic E-state index is -0.0828. The van der Waals surface area contributed by atoms with Crippen LogP contribution in [-0.4, -0.2) is 35.7 Å². The van der Waals surface area contributed by atoms with E-state index >= 15 is 0 Å². The van der Waals surface area contributed by atoms with Crippen LogP contribution in [0, 0.1) is 0 Å². The Morgan fingerprint density at radius 3 is 2.77 bits per heavy atom. The van der Waals surface area contributed by atoms with Gasteiger partial charge in [-0.2, -0.15) is 0 Å². The SMILES string of the molecule is COCCNC(=O)Cn1c(Cc2ccc(Cl)c(Cl)c2)nc2ccccc21. The van der Waals surface area contributed by atoms with Gasteiger partial charge in [0.2, 0.25) is 5.91 Å². The second-order valence-electron chi connectivity index (χ2n) is 5.87. The van der Waals surface area contributed by atoms with Gasteiger partial charge in [-0.25, -0.2) is 4.98 Å². The van der Waals surface area contributed by atoms with Crippen molar-refractivity contribution in [3.8, 4) is 0 Å². The summed E-state index contributed by atoms with van der Waals surface area (Å²) in [5, 5.41) is 3.86. The van der Waals surface area contributed by atoms with Crippen LogP contribution in [0.15, 0.2) is 42.5 Å². The molecule has 26 heavy (non-hydrogen) atoms. The summed E-state index contributed by atoms with van der Waals surface area (Å²) in [5.41, 5.74) is 2.76. The Morgan fingerprint density at radius 1 is 1.19 bits per heavy atom. The molecule has 3 rings (SSSR count). The lowest BCUT2D eigenvalue weighted by Gasteiger charge is -2.10. The molecule has 136 valence electrons. The zero-order chi connectivity index (χ0) is 18.5. The second kappa shape index (κ2) is 8.54. The number of nitrogens with one attached hydrogen (secondary N) is 1. The maximum Gasteiger partial charge on any atom is 0.240 e. The highest BCUT2D eigenvalue weighted by atomic mass is 35.5. The molecule has 0 aliphatic heterocycles. The molecule has 0 unspecified atom stereocenters. The topological polar surface area (TPSA) is 56.1 Å². The van der Waals surface area contributed by atoms with E-state index in [0.717, 1.165) is 22.4 Å². The summed E-state index contributed by atoms with van der Waals surface area (Å²) in [4.78, 5) is 17.0. The van der Waals surface area contributed by atoms with Gasteiger partial charge in [0, 0.05) is 20.1 Å². The molecular formula is C19H19Cl2N3O2. The summed E-state index contributed by atoms with van der Waals surface area (Å²) in [7, 11) is 1.60. The third-order valence-electron chi connectivity index (χ3n) is 4.01. The lowest BCUT2D eigenvalue weighted by molar-refractivity contribution is -0.121. The van der Waals surface area contributed by atoms with E-state index in [1.165, 1.54) is 0 Å². The van der Waals surface area contributed by atoms with Crippen LogP contribution in [-0.2, 0) is 22.5 Å². The highest BCUT2D eigenvalue weighted by Gasteiger charge is 2.14. The molecule has 2 aromatic carbocycles. The minimum Gasteiger partial charge on any atom is -0.383 e. The fraction of sp³-hybridized carbons (Fsp3) is 0.263. The highest BCUT2D eigenvalue weighted by molar-refractivity contribution is 6.42. The van der Waals surface area contributed by atoms with Gasteiger partial charge in [-0.3, -0.25) is 4.79 Å². The Morgan fingerprint density at radius 2 is 2.00 bits per heavy atom. The largest absolute Gasteiger partial charge is 0.383 e. The van der Waals surface area contributed by atoms with E-state index in [4.69, 9.17) is 32.9 Å². The Kier molecular flexibility index (Phi) is 6.14. The van der Waals surface area contributed by atoms with Gasteiger partial charge in [0.05, 0.1) is 27.7 Å². The molecule has 5 nitrogen and oxygen atoms in total. The number of fused-ring (bicyclic) bond motifs is 1. The molecule has 1 aromatic heterocycles. The van der Waals surface area contributed by atoms with Gasteiger partial charge in [-0.15, -0.1) is 0 Å². The van der Waals surface area contributed by atoms with Gasteiger partial charge in [0.1, 0.15) is 12.4 Å². The standard InChI is InChI=1S/C19H19Cl2N3O2/c1-26-9-8-22-19(25)12-24-17-5-3-2-4-16(17)23-18(24)11-13-6-7-14(20)15(21)10-13/h2-7,10H,8-9,11-12H2,1H3,(H,22,25). The maximum atomic E-state index is 12.3. The number of rotatable bonds is 7. The molecule has 7 heteroatoms. The van der Waals surface area contributed by atoms with Crippen LogP contribution in [0.25, 0.3) is 11.0 Å². The molecule has 0 saturated carbocycles. The fourth-order valence-electron chi connectivity index (χ4n) is 2.76. The summed E-state index contributed by atoms with van der Waals surface area (Å²) in [6.07, 6.45) is 0.553. The number of benzene rings is 2. The van der Waals surface area contributed by atoms with Crippen LogP contribution in [0.1, 0.15) is 11.4 Å². The number of para-hydroxylation sites is 2. The first-order chi connectivity index (χ1) is 12.6. The van der Waals surface area contributed by atoms with E-state index in [2.05, 4.69) is 5.32 Å². The first-order valence-corrected chi connectivity index (χ1v) is 8.98. The van der Waals surface area contributed by atoms with Crippen LogP contribution in [0.2, 0.25) is 10.0 Å². The van der Waals surface area contributed by atoms with Crippen LogP contribution >= 0.6 is 23.2 Å². The molecule has 0 aliphatic carbocycles. The third kappa shape index (κ3) is 4.36. The van der Waals surface area contributed by atoms with Crippen molar-refractivity contribution in [1.82, 2.24) is 14.9 Å². The minimum absolute atomic E-state index is 0.0828. The molecule has 1 heterocycles. The van der Waals surface area contributed by atoms with Crippen LogP contribution in [0.5, 0.6) is 0 Å². The van der Waals surface area contributed by atoms with Gasteiger partial charge < -0.3 is 14.6 Å². The number of imidazole rings is 1. The number of nitrogens with zero attached hydrogens (tertiary/aromatic N) is 2. The van der Waals surface area contributed by atoms with E-state index in [0.29, 0.717) is 29.6 Å². The molecule has 1 amide bonds. The smallest absolute Gasteiger partial charge is 0.240 e. The molecular weight excluding hydrogens is 373 g/mol. The summed E-state index contributed by atoms with van der Waals surface area (Å²) >= 11 is 12.1. The number of carbonyl (C=O) groups is 1. The number of halogens is 2. The van der Waals surface area contributed by atoms with E-state index in [9.17, 15) is 4.79 Å². The number of hydrogen-bond acceptors (Lipinski definition) is 3. The van der Waals surface area contributed by atoms with E-state index < -0.39 is 0 Å². The van der Waals surface area contributed by atoms with Crippen molar-refractivity contribution in [3.63, 3.8) is 0 Å². The summed E-state index contributed by atoms with van der Waals surface area (Å²) < 4.78 is 6.89. The predicted octanol–water partition coefficient (Wildman–Crippen LogP) is 3.70. The average molecular weight is 392 g/mol. The van der Waals surface area contributed by atoms with Crippen LogP contribution in [0.4, 0.5) is 0 Å². The Balaban J connectivity index is 1.88. The summed E-state index contributed by atoms with van der Waals surface area (Å²) in [6.45, 7) is 1.15. The number of carbonyl (C=O) groups excluding carboxylic acids is 1. The fourth-order valence-corrected chi connectivity index (χ4v) is 3.08.